The second-order valence-corrected chi connectivity index (χ2v) is 5.63. The minimum atomic E-state index is 0.639. The molecule has 5 nitrogen and oxygen atoms in total. The molecule has 0 bridgehead atoms. The molecule has 2 aromatic heterocycles. The van der Waals surface area contributed by atoms with Crippen LogP contribution in [-0.4, -0.2) is 34.5 Å². The monoisotopic (exact) mass is 286 g/mol. The Hall–Kier alpha value is -1.72. The topological polar surface area (TPSA) is 52.0 Å². The fourth-order valence-corrected chi connectivity index (χ4v) is 2.80. The summed E-state index contributed by atoms with van der Waals surface area (Å²) in [6.07, 6.45) is 8.14. The molecule has 0 radical (unpaired) electrons. The Balaban J connectivity index is 1.62. The zero-order valence-corrected chi connectivity index (χ0v) is 12.5. The molecule has 3 heterocycles. The van der Waals surface area contributed by atoms with Gasteiger partial charge in [0.1, 0.15) is 0 Å². The van der Waals surface area contributed by atoms with Gasteiger partial charge in [-0.15, -0.1) is 0 Å². The molecule has 1 aliphatic heterocycles. The van der Waals surface area contributed by atoms with Gasteiger partial charge in [-0.05, 0) is 30.9 Å². The number of aryl methyl sites for hydroxylation is 1. The molecule has 2 aromatic rings. The van der Waals surface area contributed by atoms with Crippen molar-refractivity contribution >= 4 is 0 Å². The Morgan fingerprint density at radius 1 is 1.38 bits per heavy atom. The quantitative estimate of drug-likeness (QED) is 0.913. The van der Waals surface area contributed by atoms with Crippen molar-refractivity contribution < 1.29 is 4.74 Å². The summed E-state index contributed by atoms with van der Waals surface area (Å²) < 4.78 is 7.39. The largest absolute Gasteiger partial charge is 0.381 e. The minimum Gasteiger partial charge on any atom is -0.381 e. The van der Waals surface area contributed by atoms with Crippen molar-refractivity contribution in [3.63, 3.8) is 0 Å². The molecule has 0 aliphatic carbocycles. The van der Waals surface area contributed by atoms with Crippen molar-refractivity contribution in [2.24, 2.45) is 13.0 Å². The Morgan fingerprint density at radius 3 is 3.00 bits per heavy atom. The van der Waals surface area contributed by atoms with E-state index in [2.05, 4.69) is 21.6 Å². The van der Waals surface area contributed by atoms with Crippen molar-refractivity contribution in [3.05, 3.63) is 36.3 Å². The second kappa shape index (κ2) is 6.83. The molecule has 0 spiro atoms. The first-order valence-corrected chi connectivity index (χ1v) is 7.54. The van der Waals surface area contributed by atoms with Crippen molar-refractivity contribution in [2.75, 3.05) is 19.8 Å². The van der Waals surface area contributed by atoms with Gasteiger partial charge in [0.25, 0.3) is 0 Å². The number of hydrogen-bond donors (Lipinski definition) is 1. The summed E-state index contributed by atoms with van der Waals surface area (Å²) in [5.74, 6) is 0.639. The van der Waals surface area contributed by atoms with Crippen LogP contribution in [0, 0.1) is 5.92 Å². The number of rotatable bonds is 5. The molecular weight excluding hydrogens is 264 g/mol. The van der Waals surface area contributed by atoms with Crippen molar-refractivity contribution in [1.29, 1.82) is 0 Å². The van der Waals surface area contributed by atoms with Crippen LogP contribution < -0.4 is 5.32 Å². The molecule has 0 saturated carbocycles. The highest BCUT2D eigenvalue weighted by Crippen LogP contribution is 2.21. The smallest absolute Gasteiger partial charge is 0.0969 e. The molecule has 1 N–H and O–H groups in total. The van der Waals surface area contributed by atoms with Crippen LogP contribution in [0.25, 0.3) is 11.3 Å². The highest BCUT2D eigenvalue weighted by Gasteiger charge is 2.14. The third-order valence-corrected chi connectivity index (χ3v) is 3.86. The number of hydrogen-bond acceptors (Lipinski definition) is 4. The van der Waals surface area contributed by atoms with Gasteiger partial charge in [-0.3, -0.25) is 9.67 Å². The Bertz CT molecular complexity index is 561. The molecule has 0 unspecified atom stereocenters. The average Bonchev–Trinajstić information content (AvgIpc) is 2.90. The van der Waals surface area contributed by atoms with Crippen LogP contribution in [0.2, 0.25) is 0 Å². The SMILES string of the molecule is Cn1cc(CNC[C@@H]2CCCOC2)c(-c2ccncc2)n1. The molecule has 1 aliphatic rings. The van der Waals surface area contributed by atoms with E-state index in [-0.39, 0.29) is 0 Å². The zero-order chi connectivity index (χ0) is 14.5. The van der Waals surface area contributed by atoms with Crippen molar-refractivity contribution in [1.82, 2.24) is 20.1 Å². The highest BCUT2D eigenvalue weighted by molar-refractivity contribution is 5.61. The molecule has 1 fully saturated rings. The molecule has 0 amide bonds. The number of nitrogens with one attached hydrogen (secondary N) is 1. The summed E-state index contributed by atoms with van der Waals surface area (Å²) in [5, 5.41) is 8.12. The van der Waals surface area contributed by atoms with Gasteiger partial charge < -0.3 is 10.1 Å². The molecular formula is C16H22N4O. The summed E-state index contributed by atoms with van der Waals surface area (Å²) >= 11 is 0. The lowest BCUT2D eigenvalue weighted by atomic mass is 10.0. The first kappa shape index (κ1) is 14.2. The second-order valence-electron chi connectivity index (χ2n) is 5.63. The third kappa shape index (κ3) is 3.68. The van der Waals surface area contributed by atoms with Gasteiger partial charge >= 0.3 is 0 Å². The third-order valence-electron chi connectivity index (χ3n) is 3.86. The van der Waals surface area contributed by atoms with Gasteiger partial charge in [-0.2, -0.15) is 5.10 Å². The maximum Gasteiger partial charge on any atom is 0.0969 e. The summed E-state index contributed by atoms with van der Waals surface area (Å²) in [6.45, 7) is 3.65. The predicted octanol–water partition coefficient (Wildman–Crippen LogP) is 2.00. The lowest BCUT2D eigenvalue weighted by Gasteiger charge is -2.22. The van der Waals surface area contributed by atoms with E-state index in [1.165, 1.54) is 18.4 Å². The summed E-state index contributed by atoms with van der Waals surface area (Å²) in [4.78, 5) is 4.07. The fourth-order valence-electron chi connectivity index (χ4n) is 2.80. The van der Waals surface area contributed by atoms with Crippen LogP contribution in [0.4, 0.5) is 0 Å². The van der Waals surface area contributed by atoms with Gasteiger partial charge in [-0.1, -0.05) is 0 Å². The van der Waals surface area contributed by atoms with Gasteiger partial charge in [0.15, 0.2) is 0 Å². The van der Waals surface area contributed by atoms with Crippen molar-refractivity contribution in [3.8, 4) is 11.3 Å². The summed E-state index contributed by atoms with van der Waals surface area (Å²) in [7, 11) is 1.96. The van der Waals surface area contributed by atoms with Crippen LogP contribution in [0.3, 0.4) is 0 Å². The lowest BCUT2D eigenvalue weighted by molar-refractivity contribution is 0.0547. The van der Waals surface area contributed by atoms with E-state index in [0.717, 1.165) is 37.6 Å². The fraction of sp³-hybridized carbons (Fsp3) is 0.500. The summed E-state index contributed by atoms with van der Waals surface area (Å²) in [6, 6.07) is 4.00. The number of ether oxygens (including phenoxy) is 1. The maximum absolute atomic E-state index is 5.52. The first-order valence-electron chi connectivity index (χ1n) is 7.54. The lowest BCUT2D eigenvalue weighted by Crippen LogP contribution is -2.28. The van der Waals surface area contributed by atoms with E-state index >= 15 is 0 Å². The van der Waals surface area contributed by atoms with E-state index in [9.17, 15) is 0 Å². The van der Waals surface area contributed by atoms with E-state index < -0.39 is 0 Å². The van der Waals surface area contributed by atoms with Gasteiger partial charge in [0.05, 0.1) is 12.3 Å². The van der Waals surface area contributed by atoms with Crippen LogP contribution in [0.15, 0.2) is 30.7 Å². The number of aromatic nitrogens is 3. The van der Waals surface area contributed by atoms with E-state index in [0.29, 0.717) is 5.92 Å². The standard InChI is InChI=1S/C16H22N4O/c1-20-11-15(10-18-9-13-3-2-8-21-12-13)16(19-20)14-4-6-17-7-5-14/h4-7,11,13,18H,2-3,8-10,12H2,1H3/t13-/m0/s1. The van der Waals surface area contributed by atoms with Crippen LogP contribution in [0.5, 0.6) is 0 Å². The Kier molecular flexibility index (Phi) is 4.62. The molecule has 0 aromatic carbocycles. The zero-order valence-electron chi connectivity index (χ0n) is 12.5. The normalized spacial score (nSPS) is 18.8. The van der Waals surface area contributed by atoms with Gasteiger partial charge in [0, 0.05) is 56.5 Å². The Morgan fingerprint density at radius 2 is 2.24 bits per heavy atom. The average molecular weight is 286 g/mol. The maximum atomic E-state index is 5.52. The van der Waals surface area contributed by atoms with E-state index in [1.807, 2.05) is 23.9 Å². The van der Waals surface area contributed by atoms with Crippen LogP contribution in [0.1, 0.15) is 18.4 Å². The highest BCUT2D eigenvalue weighted by atomic mass is 16.5. The van der Waals surface area contributed by atoms with E-state index in [1.54, 1.807) is 12.4 Å². The number of pyridine rings is 1. The molecule has 5 heteroatoms. The minimum absolute atomic E-state index is 0.639. The number of nitrogens with zero attached hydrogens (tertiary/aromatic N) is 3. The first-order chi connectivity index (χ1) is 10.3. The van der Waals surface area contributed by atoms with Gasteiger partial charge in [-0.25, -0.2) is 0 Å². The van der Waals surface area contributed by atoms with E-state index in [4.69, 9.17) is 4.74 Å². The van der Waals surface area contributed by atoms with Crippen LogP contribution >= 0.6 is 0 Å². The predicted molar refractivity (Wildman–Crippen MR) is 81.7 cm³/mol. The molecule has 3 rings (SSSR count). The van der Waals surface area contributed by atoms with Crippen LogP contribution in [-0.2, 0) is 18.3 Å². The summed E-state index contributed by atoms with van der Waals surface area (Å²) in [5.41, 5.74) is 3.37. The molecule has 1 saturated heterocycles. The molecule has 112 valence electrons. The Labute approximate surface area is 125 Å². The molecule has 21 heavy (non-hydrogen) atoms. The molecule has 1 atom stereocenters. The van der Waals surface area contributed by atoms with Gasteiger partial charge in [0.2, 0.25) is 0 Å². The van der Waals surface area contributed by atoms with Crippen molar-refractivity contribution in [2.45, 2.75) is 19.4 Å².